The minimum absolute atomic E-state index is 0.579. The van der Waals surface area contributed by atoms with Crippen molar-refractivity contribution >= 4 is 35.0 Å². The van der Waals surface area contributed by atoms with E-state index in [0.717, 1.165) is 41.8 Å². The monoisotopic (exact) mass is 410 g/mol. The van der Waals surface area contributed by atoms with E-state index in [-0.39, 0.29) is 0 Å². The van der Waals surface area contributed by atoms with Crippen molar-refractivity contribution in [3.05, 3.63) is 90.0 Å². The van der Waals surface area contributed by atoms with E-state index in [2.05, 4.69) is 21.9 Å². The second-order valence-corrected chi connectivity index (χ2v) is 10.4. The van der Waals surface area contributed by atoms with Crippen LogP contribution in [0.15, 0.2) is 84.9 Å². The summed E-state index contributed by atoms with van der Waals surface area (Å²) in [6, 6.07) is 27.8. The van der Waals surface area contributed by atoms with E-state index >= 15 is 0 Å². The highest BCUT2D eigenvalue weighted by Crippen LogP contribution is 2.44. The zero-order valence-electron chi connectivity index (χ0n) is 15.7. The molecule has 3 aromatic carbocycles. The number of halogens is 1. The predicted molar refractivity (Wildman–Crippen MR) is 120 cm³/mol. The fourth-order valence-corrected chi connectivity index (χ4v) is 6.64. The Balaban J connectivity index is 1.51. The van der Waals surface area contributed by atoms with E-state index in [4.69, 9.17) is 11.6 Å². The second-order valence-electron chi connectivity index (χ2n) is 7.13. The van der Waals surface area contributed by atoms with Crippen molar-refractivity contribution < 1.29 is 4.57 Å². The van der Waals surface area contributed by atoms with Gasteiger partial charge < -0.3 is 9.46 Å². The summed E-state index contributed by atoms with van der Waals surface area (Å²) >= 11 is 6.01. The Kier molecular flexibility index (Phi) is 5.87. The van der Waals surface area contributed by atoms with Crippen molar-refractivity contribution in [3.63, 3.8) is 0 Å². The summed E-state index contributed by atoms with van der Waals surface area (Å²) in [6.45, 7) is 3.63. The van der Waals surface area contributed by atoms with Crippen LogP contribution in [-0.2, 0) is 4.57 Å². The molecule has 144 valence electrons. The first-order chi connectivity index (χ1) is 13.6. The van der Waals surface area contributed by atoms with Crippen LogP contribution in [0, 0.1) is 0 Å². The minimum Gasteiger partial charge on any atom is -0.369 e. The maximum atomic E-state index is 14.2. The molecule has 28 heavy (non-hydrogen) atoms. The number of nitrogens with zero attached hydrogens (tertiary/aromatic N) is 2. The third-order valence-electron chi connectivity index (χ3n) is 5.31. The van der Waals surface area contributed by atoms with Crippen LogP contribution in [0.1, 0.15) is 0 Å². The molecule has 4 rings (SSSR count). The highest BCUT2D eigenvalue weighted by Gasteiger charge is 2.31. The largest absolute Gasteiger partial charge is 0.369 e. The van der Waals surface area contributed by atoms with Crippen LogP contribution in [-0.4, -0.2) is 37.4 Å². The minimum atomic E-state index is -2.70. The zero-order valence-corrected chi connectivity index (χ0v) is 17.4. The van der Waals surface area contributed by atoms with Crippen LogP contribution >= 0.6 is 18.7 Å². The lowest BCUT2D eigenvalue weighted by atomic mass is 10.2. The van der Waals surface area contributed by atoms with Gasteiger partial charge in [-0.3, -0.25) is 4.90 Å². The lowest BCUT2D eigenvalue weighted by Gasteiger charge is -2.37. The molecular formula is C23H24ClN2OP. The molecule has 1 aliphatic rings. The molecule has 1 saturated heterocycles. The van der Waals surface area contributed by atoms with Crippen molar-refractivity contribution in [2.45, 2.75) is 0 Å². The number of hydrogen-bond acceptors (Lipinski definition) is 3. The van der Waals surface area contributed by atoms with E-state index in [1.807, 2.05) is 72.8 Å². The van der Waals surface area contributed by atoms with E-state index in [9.17, 15) is 4.57 Å². The van der Waals surface area contributed by atoms with E-state index < -0.39 is 7.14 Å². The molecule has 5 heteroatoms. The van der Waals surface area contributed by atoms with Crippen LogP contribution in [0.5, 0.6) is 0 Å². The van der Waals surface area contributed by atoms with Crippen molar-refractivity contribution in [1.29, 1.82) is 0 Å². The van der Waals surface area contributed by atoms with Crippen molar-refractivity contribution in [2.24, 2.45) is 0 Å². The average Bonchev–Trinajstić information content (AvgIpc) is 2.76. The first-order valence-electron chi connectivity index (χ1n) is 9.58. The normalized spacial score (nSPS) is 15.5. The number of hydrogen-bond donors (Lipinski definition) is 0. The zero-order chi connectivity index (χ0) is 19.4. The quantitative estimate of drug-likeness (QED) is 0.581. The first-order valence-corrected chi connectivity index (χ1v) is 11.9. The molecule has 0 spiro atoms. The topological polar surface area (TPSA) is 23.6 Å². The van der Waals surface area contributed by atoms with Crippen LogP contribution in [0.2, 0.25) is 5.02 Å². The highest BCUT2D eigenvalue weighted by molar-refractivity contribution is 7.78. The van der Waals surface area contributed by atoms with E-state index in [1.54, 1.807) is 0 Å². The molecule has 1 aliphatic heterocycles. The van der Waals surface area contributed by atoms with Crippen LogP contribution < -0.4 is 15.5 Å². The van der Waals surface area contributed by atoms with Gasteiger partial charge in [0, 0.05) is 47.5 Å². The van der Waals surface area contributed by atoms with Gasteiger partial charge in [0.2, 0.25) is 0 Å². The van der Waals surface area contributed by atoms with Crippen LogP contribution in [0.4, 0.5) is 5.69 Å². The summed E-state index contributed by atoms with van der Waals surface area (Å²) in [7, 11) is -2.70. The molecule has 0 aliphatic carbocycles. The fourth-order valence-electron chi connectivity index (χ4n) is 3.73. The van der Waals surface area contributed by atoms with E-state index in [0.29, 0.717) is 6.29 Å². The molecule has 1 heterocycles. The Labute approximate surface area is 171 Å². The summed E-state index contributed by atoms with van der Waals surface area (Å²) < 4.78 is 14.2. The lowest BCUT2D eigenvalue weighted by molar-refractivity contribution is 0.295. The summed E-state index contributed by atoms with van der Waals surface area (Å²) in [6.07, 6.45) is 0.579. The molecule has 3 aromatic rings. The van der Waals surface area contributed by atoms with Gasteiger partial charge in [-0.15, -0.1) is 0 Å². The number of benzene rings is 3. The van der Waals surface area contributed by atoms with Crippen LogP contribution in [0.3, 0.4) is 0 Å². The third kappa shape index (κ3) is 4.17. The van der Waals surface area contributed by atoms with Gasteiger partial charge in [-0.25, -0.2) is 0 Å². The Morgan fingerprint density at radius 2 is 1.21 bits per heavy atom. The predicted octanol–water partition coefficient (Wildman–Crippen LogP) is 4.43. The molecule has 0 radical (unpaired) electrons. The van der Waals surface area contributed by atoms with Crippen molar-refractivity contribution in [3.8, 4) is 0 Å². The smallest absolute Gasteiger partial charge is 0.156 e. The molecule has 1 fully saturated rings. The Bertz CT molecular complexity index is 896. The second kappa shape index (κ2) is 8.53. The van der Waals surface area contributed by atoms with Gasteiger partial charge in [0.25, 0.3) is 0 Å². The molecule has 0 bridgehead atoms. The molecule has 0 aromatic heterocycles. The Morgan fingerprint density at radius 3 is 1.71 bits per heavy atom. The van der Waals surface area contributed by atoms with Gasteiger partial charge in [-0.05, 0) is 24.3 Å². The summed E-state index contributed by atoms with van der Waals surface area (Å²) in [5.74, 6) is 0. The molecule has 0 amide bonds. The van der Waals surface area contributed by atoms with Gasteiger partial charge in [-0.1, -0.05) is 72.3 Å². The van der Waals surface area contributed by atoms with Gasteiger partial charge in [-0.2, -0.15) is 0 Å². The fraction of sp³-hybridized carbons (Fsp3) is 0.217. The third-order valence-corrected chi connectivity index (χ3v) is 8.62. The molecule has 0 N–H and O–H groups in total. The Hall–Kier alpha value is -2.06. The van der Waals surface area contributed by atoms with Crippen LogP contribution in [0.25, 0.3) is 0 Å². The van der Waals surface area contributed by atoms with Gasteiger partial charge in [0.05, 0.1) is 6.29 Å². The van der Waals surface area contributed by atoms with Crippen molar-refractivity contribution in [2.75, 3.05) is 37.4 Å². The number of anilines is 1. The van der Waals surface area contributed by atoms with Crippen molar-refractivity contribution in [1.82, 2.24) is 4.90 Å². The molecule has 0 unspecified atom stereocenters. The maximum absolute atomic E-state index is 14.2. The van der Waals surface area contributed by atoms with Gasteiger partial charge in [0.15, 0.2) is 7.14 Å². The highest BCUT2D eigenvalue weighted by atomic mass is 35.5. The van der Waals surface area contributed by atoms with E-state index in [1.165, 1.54) is 5.69 Å². The molecule has 0 atom stereocenters. The summed E-state index contributed by atoms with van der Waals surface area (Å²) in [5, 5.41) is 2.62. The average molecular weight is 411 g/mol. The summed E-state index contributed by atoms with van der Waals surface area (Å²) in [5.41, 5.74) is 1.19. The SMILES string of the molecule is O=P(CN1CCN(c2ccc(Cl)cc2)CC1)(c1ccccc1)c1ccccc1. The number of piperazine rings is 1. The maximum Gasteiger partial charge on any atom is 0.156 e. The lowest BCUT2D eigenvalue weighted by Crippen LogP contribution is -2.47. The van der Waals surface area contributed by atoms with Gasteiger partial charge >= 0.3 is 0 Å². The molecular weight excluding hydrogens is 387 g/mol. The Morgan fingerprint density at radius 1 is 0.714 bits per heavy atom. The summed E-state index contributed by atoms with van der Waals surface area (Å²) in [4.78, 5) is 4.70. The number of rotatable bonds is 5. The standard InChI is InChI=1S/C23H24ClN2OP/c24-20-11-13-21(14-12-20)26-17-15-25(16-18-26)19-28(27,22-7-3-1-4-8-22)23-9-5-2-6-10-23/h1-14H,15-19H2. The van der Waals surface area contributed by atoms with Gasteiger partial charge in [0.1, 0.15) is 0 Å². The first kappa shape index (κ1) is 19.3. The molecule has 0 saturated carbocycles. The molecule has 3 nitrogen and oxygen atoms in total.